The Labute approximate surface area is 288 Å². The smallest absolute Gasteiger partial charge is 0.410 e. The van der Waals surface area contributed by atoms with Crippen LogP contribution in [0.25, 0.3) is 5.52 Å². The van der Waals surface area contributed by atoms with Crippen molar-refractivity contribution in [2.45, 2.75) is 70.1 Å². The topological polar surface area (TPSA) is 106 Å². The third kappa shape index (κ3) is 7.55. The van der Waals surface area contributed by atoms with E-state index in [9.17, 15) is 14.4 Å². The zero-order valence-corrected chi connectivity index (χ0v) is 28.9. The van der Waals surface area contributed by atoms with Crippen LogP contribution in [0.3, 0.4) is 0 Å². The summed E-state index contributed by atoms with van der Waals surface area (Å²) in [5.74, 6) is -0.121. The molecule has 1 aromatic carbocycles. The Morgan fingerprint density at radius 2 is 1.65 bits per heavy atom. The van der Waals surface area contributed by atoms with Gasteiger partial charge >= 0.3 is 12.1 Å². The molecular formula is C37H50N8O4. The van der Waals surface area contributed by atoms with Crippen molar-refractivity contribution < 1.29 is 19.1 Å². The van der Waals surface area contributed by atoms with Crippen LogP contribution in [0.2, 0.25) is 0 Å². The Morgan fingerprint density at radius 3 is 2.47 bits per heavy atom. The third-order valence-electron chi connectivity index (χ3n) is 11.0. The van der Waals surface area contributed by atoms with Crippen LogP contribution in [0.5, 0.6) is 0 Å². The number of urea groups is 1. The van der Waals surface area contributed by atoms with E-state index in [0.29, 0.717) is 58.0 Å². The summed E-state index contributed by atoms with van der Waals surface area (Å²) in [4.78, 5) is 51.5. The van der Waals surface area contributed by atoms with Crippen LogP contribution in [-0.2, 0) is 22.4 Å². The SMILES string of the molecule is Cc1cc(C[C@@H](OC(=O)N2CCC(N3CCc4ccccc4NC3=O)CC2)C(=O)N2CCC(N3CCCN(C)CC3)CC2)cc2ccnn12. The fourth-order valence-corrected chi connectivity index (χ4v) is 8.17. The second kappa shape index (κ2) is 14.8. The molecule has 4 aliphatic rings. The van der Waals surface area contributed by atoms with E-state index in [1.54, 1.807) is 11.1 Å². The van der Waals surface area contributed by atoms with Gasteiger partial charge in [-0.25, -0.2) is 14.1 Å². The lowest BCUT2D eigenvalue weighted by Gasteiger charge is -2.40. The molecule has 0 radical (unpaired) electrons. The van der Waals surface area contributed by atoms with Crippen molar-refractivity contribution in [1.82, 2.24) is 34.1 Å². The Morgan fingerprint density at radius 1 is 0.898 bits per heavy atom. The van der Waals surface area contributed by atoms with E-state index in [0.717, 1.165) is 73.5 Å². The fourth-order valence-electron chi connectivity index (χ4n) is 8.17. The number of piperidine rings is 2. The van der Waals surface area contributed by atoms with Gasteiger partial charge in [-0.15, -0.1) is 0 Å². The number of benzene rings is 1. The molecule has 6 heterocycles. The van der Waals surface area contributed by atoms with Crippen LogP contribution in [-0.4, -0.2) is 136 Å². The maximum absolute atomic E-state index is 14.2. The average molecular weight is 671 g/mol. The maximum atomic E-state index is 14.2. The van der Waals surface area contributed by atoms with Crippen LogP contribution in [0, 0.1) is 6.92 Å². The number of likely N-dealkylation sites (tertiary alicyclic amines) is 2. The number of amides is 4. The first kappa shape index (κ1) is 33.3. The molecule has 4 aliphatic heterocycles. The summed E-state index contributed by atoms with van der Waals surface area (Å²) in [5, 5.41) is 7.45. The first-order chi connectivity index (χ1) is 23.8. The van der Waals surface area contributed by atoms with Gasteiger partial charge in [-0.3, -0.25) is 9.69 Å². The lowest BCUT2D eigenvalue weighted by molar-refractivity contribution is -0.142. The molecular weight excluding hydrogens is 620 g/mol. The van der Waals surface area contributed by atoms with E-state index >= 15 is 0 Å². The molecule has 0 unspecified atom stereocenters. The minimum Gasteiger partial charge on any atom is -0.436 e. The summed E-state index contributed by atoms with van der Waals surface area (Å²) >= 11 is 0. The lowest BCUT2D eigenvalue weighted by atomic mass is 10.0. The molecule has 0 aliphatic carbocycles. The predicted molar refractivity (Wildman–Crippen MR) is 188 cm³/mol. The lowest BCUT2D eigenvalue weighted by Crippen LogP contribution is -2.52. The molecule has 12 heteroatoms. The van der Waals surface area contributed by atoms with E-state index < -0.39 is 12.2 Å². The number of carbonyl (C=O) groups excluding carboxylic acids is 3. The van der Waals surface area contributed by atoms with Gasteiger partial charge in [-0.2, -0.15) is 5.10 Å². The second-order valence-corrected chi connectivity index (χ2v) is 14.2. The number of fused-ring (bicyclic) bond motifs is 2. The zero-order chi connectivity index (χ0) is 33.9. The molecule has 4 amide bonds. The summed E-state index contributed by atoms with van der Waals surface area (Å²) < 4.78 is 8.01. The molecule has 12 nitrogen and oxygen atoms in total. The van der Waals surface area contributed by atoms with E-state index in [2.05, 4.69) is 33.3 Å². The van der Waals surface area contributed by atoms with Gasteiger partial charge in [0.1, 0.15) is 0 Å². The van der Waals surface area contributed by atoms with Gasteiger partial charge in [-0.1, -0.05) is 18.2 Å². The quantitative estimate of drug-likeness (QED) is 0.425. The van der Waals surface area contributed by atoms with Gasteiger partial charge in [0.05, 0.1) is 5.52 Å². The highest BCUT2D eigenvalue weighted by Crippen LogP contribution is 2.26. The summed E-state index contributed by atoms with van der Waals surface area (Å²) in [5.41, 5.74) is 4.85. The van der Waals surface area contributed by atoms with Crippen LogP contribution >= 0.6 is 0 Å². The van der Waals surface area contributed by atoms with Crippen LogP contribution in [0.15, 0.2) is 48.7 Å². The van der Waals surface area contributed by atoms with E-state index in [1.807, 2.05) is 57.6 Å². The number of aromatic nitrogens is 2. The number of hydrogen-bond acceptors (Lipinski definition) is 7. The number of carbonyl (C=O) groups is 3. The first-order valence-corrected chi connectivity index (χ1v) is 18.1. The fraction of sp³-hybridized carbons (Fsp3) is 0.568. The van der Waals surface area contributed by atoms with Crippen molar-refractivity contribution in [2.24, 2.45) is 0 Å². The molecule has 3 fully saturated rings. The number of aryl methyl sites for hydroxylation is 1. The molecule has 3 aromatic rings. The molecule has 1 N–H and O–H groups in total. The minimum atomic E-state index is -0.923. The maximum Gasteiger partial charge on any atom is 0.410 e. The zero-order valence-electron chi connectivity index (χ0n) is 28.9. The number of para-hydroxylation sites is 1. The number of nitrogens with zero attached hydrogens (tertiary/aromatic N) is 7. The molecule has 2 aromatic heterocycles. The third-order valence-corrected chi connectivity index (χ3v) is 11.0. The van der Waals surface area contributed by atoms with E-state index in [4.69, 9.17) is 4.74 Å². The number of likely N-dealkylation sites (N-methyl/N-ethyl adjacent to an activating group) is 1. The molecule has 1 atom stereocenters. The summed E-state index contributed by atoms with van der Waals surface area (Å²) in [6, 6.07) is 14.3. The van der Waals surface area contributed by atoms with Crippen LogP contribution < -0.4 is 5.32 Å². The van der Waals surface area contributed by atoms with Crippen molar-refractivity contribution >= 4 is 29.2 Å². The van der Waals surface area contributed by atoms with Crippen LogP contribution in [0.1, 0.15) is 48.9 Å². The molecule has 0 spiro atoms. The number of anilines is 1. The molecule has 0 saturated carbocycles. The van der Waals surface area contributed by atoms with Crippen LogP contribution in [0.4, 0.5) is 15.3 Å². The Balaban J connectivity index is 0.996. The number of hydrogen-bond donors (Lipinski definition) is 1. The average Bonchev–Trinajstić information content (AvgIpc) is 3.40. The van der Waals surface area contributed by atoms with Gasteiger partial charge in [0, 0.05) is 81.9 Å². The molecule has 3 saturated heterocycles. The van der Waals surface area contributed by atoms with Crippen molar-refractivity contribution in [3.63, 3.8) is 0 Å². The highest BCUT2D eigenvalue weighted by atomic mass is 16.6. The number of ether oxygens (including phenoxy) is 1. The standard InChI is InChI=1S/C37H50N8O4/c1-27-24-28(25-32-8-14-38-45(27)32)26-34(35(46)42-17-10-30(11-18-42)41-16-5-15-40(2)22-23-41)49-37(48)43-19-12-31(13-20-43)44-21-9-29-6-3-4-7-33(29)39-36(44)47/h3-4,6-8,14,24-25,30-31,34H,5,9-13,15-23,26H2,1-2H3,(H,39,47)/t34-/m1/s1. The van der Waals surface area contributed by atoms with E-state index in [-0.39, 0.29) is 18.0 Å². The van der Waals surface area contributed by atoms with Crippen molar-refractivity contribution in [3.8, 4) is 0 Å². The number of rotatable bonds is 6. The molecule has 262 valence electrons. The largest absolute Gasteiger partial charge is 0.436 e. The van der Waals surface area contributed by atoms with Gasteiger partial charge in [-0.05, 0) is 101 Å². The van der Waals surface area contributed by atoms with Crippen molar-refractivity contribution in [1.29, 1.82) is 0 Å². The molecule has 7 rings (SSSR count). The summed E-state index contributed by atoms with van der Waals surface area (Å²) in [7, 11) is 2.19. The Kier molecular flexibility index (Phi) is 10.0. The first-order valence-electron chi connectivity index (χ1n) is 18.1. The van der Waals surface area contributed by atoms with Crippen molar-refractivity contribution in [3.05, 3.63) is 65.5 Å². The number of pyridine rings is 1. The summed E-state index contributed by atoms with van der Waals surface area (Å²) in [6.07, 6.45) is 5.82. The Hall–Kier alpha value is -4.16. The molecule has 49 heavy (non-hydrogen) atoms. The van der Waals surface area contributed by atoms with Gasteiger partial charge in [0.15, 0.2) is 6.10 Å². The van der Waals surface area contributed by atoms with Gasteiger partial charge < -0.3 is 29.7 Å². The monoisotopic (exact) mass is 670 g/mol. The van der Waals surface area contributed by atoms with Gasteiger partial charge in [0.25, 0.3) is 5.91 Å². The minimum absolute atomic E-state index is 0.0343. The number of nitrogens with one attached hydrogen (secondary N) is 1. The Bertz CT molecular complexity index is 1640. The molecule has 0 bridgehead atoms. The highest BCUT2D eigenvalue weighted by Gasteiger charge is 2.36. The summed E-state index contributed by atoms with van der Waals surface area (Å²) in [6.45, 7) is 9.28. The second-order valence-electron chi connectivity index (χ2n) is 14.2. The van der Waals surface area contributed by atoms with Gasteiger partial charge in [0.2, 0.25) is 0 Å². The predicted octanol–water partition coefficient (Wildman–Crippen LogP) is 3.87. The normalized spacial score (nSPS) is 21.2. The highest BCUT2D eigenvalue weighted by molar-refractivity contribution is 5.91. The van der Waals surface area contributed by atoms with E-state index in [1.165, 1.54) is 6.42 Å². The van der Waals surface area contributed by atoms with Crippen molar-refractivity contribution in [2.75, 3.05) is 71.3 Å².